The van der Waals surface area contributed by atoms with Gasteiger partial charge < -0.3 is 14.4 Å². The number of carbonyl (C=O) groups is 1. The van der Waals surface area contributed by atoms with Gasteiger partial charge >= 0.3 is 0 Å². The van der Waals surface area contributed by atoms with Crippen LogP contribution in [0.1, 0.15) is 0 Å². The van der Waals surface area contributed by atoms with Gasteiger partial charge in [-0.25, -0.2) is 0 Å². The van der Waals surface area contributed by atoms with E-state index in [-0.39, 0.29) is 12.5 Å². The van der Waals surface area contributed by atoms with E-state index in [4.69, 9.17) is 9.47 Å². The van der Waals surface area contributed by atoms with Gasteiger partial charge in [0.05, 0.1) is 19.4 Å². The molecule has 1 amide bonds. The van der Waals surface area contributed by atoms with Gasteiger partial charge in [0, 0.05) is 19.3 Å². The lowest BCUT2D eigenvalue weighted by Gasteiger charge is -2.26. The lowest BCUT2D eigenvalue weighted by molar-refractivity contribution is -0.137. The lowest BCUT2D eigenvalue weighted by Crippen LogP contribution is -2.42. The molecule has 0 unspecified atom stereocenters. The third kappa shape index (κ3) is 2.93. The van der Waals surface area contributed by atoms with E-state index in [1.165, 1.54) is 0 Å². The second-order valence-corrected chi connectivity index (χ2v) is 3.47. The molecule has 1 aromatic heterocycles. The highest BCUT2D eigenvalue weighted by Crippen LogP contribution is 2.06. The number of morpholine rings is 1. The Kier molecular flexibility index (Phi) is 3.71. The predicted octanol–water partition coefficient (Wildman–Crippen LogP) is 0.319. The summed E-state index contributed by atoms with van der Waals surface area (Å²) in [5.41, 5.74) is 0. The summed E-state index contributed by atoms with van der Waals surface area (Å²) >= 11 is 0. The van der Waals surface area contributed by atoms with Gasteiger partial charge in [0.1, 0.15) is 5.75 Å². The Hall–Kier alpha value is -1.62. The number of ether oxygens (including phenoxy) is 2. The SMILES string of the molecule is O=C(COc1cccnc1)N1CCOCC1. The second kappa shape index (κ2) is 5.46. The van der Waals surface area contributed by atoms with Crippen LogP contribution in [-0.4, -0.2) is 48.7 Å². The fraction of sp³-hybridized carbons (Fsp3) is 0.455. The first-order valence-electron chi connectivity index (χ1n) is 5.24. The van der Waals surface area contributed by atoms with Crippen LogP contribution in [0.3, 0.4) is 0 Å². The molecule has 0 saturated carbocycles. The maximum Gasteiger partial charge on any atom is 0.260 e. The number of rotatable bonds is 3. The summed E-state index contributed by atoms with van der Waals surface area (Å²) in [6.07, 6.45) is 3.25. The third-order valence-electron chi connectivity index (χ3n) is 2.36. The Morgan fingerprint density at radius 1 is 1.50 bits per heavy atom. The van der Waals surface area contributed by atoms with E-state index < -0.39 is 0 Å². The van der Waals surface area contributed by atoms with Crippen molar-refractivity contribution in [3.05, 3.63) is 24.5 Å². The van der Waals surface area contributed by atoms with Gasteiger partial charge in [-0.15, -0.1) is 0 Å². The van der Waals surface area contributed by atoms with Gasteiger partial charge in [-0.2, -0.15) is 0 Å². The molecule has 2 heterocycles. The van der Waals surface area contributed by atoms with Crippen molar-refractivity contribution in [2.75, 3.05) is 32.9 Å². The molecule has 5 nitrogen and oxygen atoms in total. The summed E-state index contributed by atoms with van der Waals surface area (Å²) in [5, 5.41) is 0. The normalized spacial score (nSPS) is 15.9. The quantitative estimate of drug-likeness (QED) is 0.739. The first-order chi connectivity index (χ1) is 7.86. The highest BCUT2D eigenvalue weighted by atomic mass is 16.5. The fourth-order valence-corrected chi connectivity index (χ4v) is 1.48. The molecule has 0 spiro atoms. The van der Waals surface area contributed by atoms with Crippen molar-refractivity contribution in [3.63, 3.8) is 0 Å². The van der Waals surface area contributed by atoms with E-state index in [1.807, 2.05) is 0 Å². The molecule has 0 aromatic carbocycles. The Morgan fingerprint density at radius 2 is 2.31 bits per heavy atom. The number of aromatic nitrogens is 1. The van der Waals surface area contributed by atoms with E-state index in [1.54, 1.807) is 29.4 Å². The minimum Gasteiger partial charge on any atom is -0.482 e. The topological polar surface area (TPSA) is 51.7 Å². The zero-order valence-corrected chi connectivity index (χ0v) is 8.96. The maximum atomic E-state index is 11.7. The smallest absolute Gasteiger partial charge is 0.260 e. The van der Waals surface area contributed by atoms with Crippen LogP contribution < -0.4 is 4.74 Å². The number of carbonyl (C=O) groups excluding carboxylic acids is 1. The first kappa shape index (κ1) is 10.9. The summed E-state index contributed by atoms with van der Waals surface area (Å²) in [7, 11) is 0. The summed E-state index contributed by atoms with van der Waals surface area (Å²) in [6.45, 7) is 2.58. The maximum absolute atomic E-state index is 11.7. The number of hydrogen-bond donors (Lipinski definition) is 0. The van der Waals surface area contributed by atoms with Crippen LogP contribution in [-0.2, 0) is 9.53 Å². The highest BCUT2D eigenvalue weighted by Gasteiger charge is 2.16. The molecule has 2 rings (SSSR count). The van der Waals surface area contributed by atoms with Crippen LogP contribution in [0.5, 0.6) is 5.75 Å². The standard InChI is InChI=1S/C11H14N2O3/c14-11(13-4-6-15-7-5-13)9-16-10-2-1-3-12-8-10/h1-3,8H,4-7,9H2. The van der Waals surface area contributed by atoms with E-state index in [2.05, 4.69) is 4.98 Å². The highest BCUT2D eigenvalue weighted by molar-refractivity contribution is 5.77. The van der Waals surface area contributed by atoms with Gasteiger partial charge in [-0.05, 0) is 12.1 Å². The van der Waals surface area contributed by atoms with E-state index in [0.717, 1.165) is 0 Å². The van der Waals surface area contributed by atoms with Crippen LogP contribution in [0, 0.1) is 0 Å². The molecule has 0 atom stereocenters. The number of amides is 1. The average molecular weight is 222 g/mol. The molecular formula is C11H14N2O3. The second-order valence-electron chi connectivity index (χ2n) is 3.47. The van der Waals surface area contributed by atoms with Crippen LogP contribution in [0.25, 0.3) is 0 Å². The van der Waals surface area contributed by atoms with Crippen molar-refractivity contribution >= 4 is 5.91 Å². The van der Waals surface area contributed by atoms with Crippen LogP contribution >= 0.6 is 0 Å². The molecule has 1 fully saturated rings. The predicted molar refractivity (Wildman–Crippen MR) is 57.1 cm³/mol. The average Bonchev–Trinajstić information content (AvgIpc) is 2.38. The minimum atomic E-state index is -0.00727. The molecule has 0 aliphatic carbocycles. The Balaban J connectivity index is 1.79. The molecule has 5 heteroatoms. The largest absolute Gasteiger partial charge is 0.482 e. The number of hydrogen-bond acceptors (Lipinski definition) is 4. The summed E-state index contributed by atoms with van der Waals surface area (Å²) in [5.74, 6) is 0.608. The van der Waals surface area contributed by atoms with E-state index in [0.29, 0.717) is 32.1 Å². The van der Waals surface area contributed by atoms with E-state index in [9.17, 15) is 4.79 Å². The van der Waals surface area contributed by atoms with Crippen LogP contribution in [0.4, 0.5) is 0 Å². The fourth-order valence-electron chi connectivity index (χ4n) is 1.48. The van der Waals surface area contributed by atoms with Crippen molar-refractivity contribution in [3.8, 4) is 5.75 Å². The van der Waals surface area contributed by atoms with Crippen molar-refractivity contribution < 1.29 is 14.3 Å². The Morgan fingerprint density at radius 3 is 3.00 bits per heavy atom. The van der Waals surface area contributed by atoms with Gasteiger partial charge in [0.25, 0.3) is 5.91 Å². The molecular weight excluding hydrogens is 208 g/mol. The molecule has 1 aromatic rings. The van der Waals surface area contributed by atoms with Gasteiger partial charge in [0.15, 0.2) is 6.61 Å². The van der Waals surface area contributed by atoms with Gasteiger partial charge in [-0.1, -0.05) is 0 Å². The Bertz CT molecular complexity index is 336. The van der Waals surface area contributed by atoms with Crippen molar-refractivity contribution in [1.82, 2.24) is 9.88 Å². The monoisotopic (exact) mass is 222 g/mol. The molecule has 86 valence electrons. The first-order valence-corrected chi connectivity index (χ1v) is 5.24. The molecule has 0 radical (unpaired) electrons. The molecule has 0 bridgehead atoms. The Labute approximate surface area is 94.0 Å². The van der Waals surface area contributed by atoms with Gasteiger partial charge in [0.2, 0.25) is 0 Å². The third-order valence-corrected chi connectivity index (χ3v) is 2.36. The van der Waals surface area contributed by atoms with Crippen molar-refractivity contribution in [1.29, 1.82) is 0 Å². The van der Waals surface area contributed by atoms with Crippen LogP contribution in [0.2, 0.25) is 0 Å². The zero-order valence-electron chi connectivity index (χ0n) is 8.96. The number of nitrogens with zero attached hydrogens (tertiary/aromatic N) is 2. The molecule has 1 saturated heterocycles. The number of pyridine rings is 1. The summed E-state index contributed by atoms with van der Waals surface area (Å²) in [6, 6.07) is 3.55. The minimum absolute atomic E-state index is 0.00727. The van der Waals surface area contributed by atoms with Crippen LogP contribution in [0.15, 0.2) is 24.5 Å². The summed E-state index contributed by atoms with van der Waals surface area (Å²) in [4.78, 5) is 17.4. The van der Waals surface area contributed by atoms with E-state index >= 15 is 0 Å². The lowest BCUT2D eigenvalue weighted by atomic mass is 10.4. The molecule has 1 aliphatic rings. The molecule has 16 heavy (non-hydrogen) atoms. The van der Waals surface area contributed by atoms with Gasteiger partial charge in [-0.3, -0.25) is 9.78 Å². The summed E-state index contributed by atoms with van der Waals surface area (Å²) < 4.78 is 10.5. The molecule has 0 N–H and O–H groups in total. The zero-order chi connectivity index (χ0) is 11.2. The van der Waals surface area contributed by atoms with Crippen molar-refractivity contribution in [2.45, 2.75) is 0 Å². The van der Waals surface area contributed by atoms with Crippen molar-refractivity contribution in [2.24, 2.45) is 0 Å². The molecule has 1 aliphatic heterocycles.